The van der Waals surface area contributed by atoms with Crippen molar-refractivity contribution in [3.63, 3.8) is 0 Å². The molecule has 2 aromatic carbocycles. The van der Waals surface area contributed by atoms with Crippen molar-refractivity contribution in [3.8, 4) is 11.5 Å². The van der Waals surface area contributed by atoms with Gasteiger partial charge in [0.05, 0.1) is 30.7 Å². The van der Waals surface area contributed by atoms with E-state index in [-0.39, 0.29) is 35.4 Å². The largest absolute Gasteiger partial charge is 0.497 e. The molecule has 0 atom stereocenters. The molecule has 2 heterocycles. The van der Waals surface area contributed by atoms with Crippen LogP contribution in [0.5, 0.6) is 11.5 Å². The highest BCUT2D eigenvalue weighted by atomic mass is 32.2. The number of rotatable bonds is 8. The summed E-state index contributed by atoms with van der Waals surface area (Å²) in [5.41, 5.74) is 6.91. The maximum atomic E-state index is 13.3. The molecule has 0 bridgehead atoms. The molecule has 11 nitrogen and oxygen atoms in total. The Morgan fingerprint density at radius 2 is 1.94 bits per heavy atom. The molecule has 3 N–H and O–H groups in total. The fourth-order valence-corrected chi connectivity index (χ4v) is 5.33. The Labute approximate surface area is 211 Å². The minimum atomic E-state index is -4.55. The lowest BCUT2D eigenvalue weighted by Gasteiger charge is -2.26. The van der Waals surface area contributed by atoms with E-state index >= 15 is 0 Å². The van der Waals surface area contributed by atoms with Gasteiger partial charge in [-0.15, -0.1) is 11.3 Å². The number of ether oxygens (including phenoxy) is 2. The third-order valence-electron chi connectivity index (χ3n) is 5.44. The predicted octanol–water partition coefficient (Wildman–Crippen LogP) is 2.19. The summed E-state index contributed by atoms with van der Waals surface area (Å²) >= 11 is 1.07. The molecular formula is C23H24N4O7S2. The molecule has 1 aliphatic heterocycles. The van der Waals surface area contributed by atoms with Gasteiger partial charge in [-0.1, -0.05) is 18.2 Å². The lowest BCUT2D eigenvalue weighted by molar-refractivity contribution is -0.134. The molecule has 0 spiro atoms. The summed E-state index contributed by atoms with van der Waals surface area (Å²) in [6.45, 7) is 0.472. The van der Waals surface area contributed by atoms with Gasteiger partial charge in [0, 0.05) is 23.9 Å². The topological polar surface area (TPSA) is 152 Å². The Kier molecular flexibility index (Phi) is 7.43. The van der Waals surface area contributed by atoms with E-state index in [1.165, 1.54) is 12.1 Å². The zero-order valence-electron chi connectivity index (χ0n) is 19.3. The Morgan fingerprint density at radius 3 is 2.67 bits per heavy atom. The molecule has 1 aromatic heterocycles. The first-order chi connectivity index (χ1) is 17.1. The van der Waals surface area contributed by atoms with E-state index in [9.17, 15) is 22.6 Å². The number of amides is 2. The fourth-order valence-electron chi connectivity index (χ4n) is 3.68. The van der Waals surface area contributed by atoms with Crippen LogP contribution in [0.15, 0.2) is 48.5 Å². The fraction of sp³-hybridized carbons (Fsp3) is 0.261. The van der Waals surface area contributed by atoms with Crippen molar-refractivity contribution in [1.82, 2.24) is 9.88 Å². The van der Waals surface area contributed by atoms with Crippen LogP contribution in [0.1, 0.15) is 20.4 Å². The summed E-state index contributed by atoms with van der Waals surface area (Å²) in [6.07, 6.45) is 0.426. The average Bonchev–Trinajstić information content (AvgIpc) is 3.29. The molecule has 36 heavy (non-hydrogen) atoms. The second-order valence-electron chi connectivity index (χ2n) is 7.92. The minimum absolute atomic E-state index is 0.0360. The predicted molar refractivity (Wildman–Crippen MR) is 134 cm³/mol. The maximum Gasteiger partial charge on any atom is 0.288 e. The van der Waals surface area contributed by atoms with Gasteiger partial charge in [0.2, 0.25) is 0 Å². The lowest BCUT2D eigenvalue weighted by atomic mass is 10.2. The van der Waals surface area contributed by atoms with Crippen molar-refractivity contribution in [2.24, 2.45) is 0 Å². The monoisotopic (exact) mass is 532 g/mol. The highest BCUT2D eigenvalue weighted by molar-refractivity contribution is 7.85. The molecule has 0 fully saturated rings. The Balaban J connectivity index is 1.48. The summed E-state index contributed by atoms with van der Waals surface area (Å²) in [6, 6.07) is 13.2. The number of methoxy groups -OCH3 is 1. The number of benzene rings is 2. The molecule has 190 valence electrons. The summed E-state index contributed by atoms with van der Waals surface area (Å²) in [4.78, 5) is 33.6. The maximum absolute atomic E-state index is 13.3. The zero-order chi connectivity index (χ0) is 25.9. The van der Waals surface area contributed by atoms with Crippen molar-refractivity contribution >= 4 is 44.6 Å². The number of carbonyl (C=O) groups excluding carboxylic acids is 2. The van der Waals surface area contributed by atoms with Crippen LogP contribution in [0.4, 0.5) is 11.4 Å². The van der Waals surface area contributed by atoms with Gasteiger partial charge < -0.3 is 20.1 Å². The van der Waals surface area contributed by atoms with E-state index in [1.807, 2.05) is 0 Å². The van der Waals surface area contributed by atoms with Crippen molar-refractivity contribution in [2.45, 2.75) is 13.0 Å². The second kappa shape index (κ2) is 10.5. The molecule has 4 rings (SSSR count). The zero-order valence-corrected chi connectivity index (χ0v) is 20.9. The van der Waals surface area contributed by atoms with Crippen LogP contribution in [0.25, 0.3) is 0 Å². The minimum Gasteiger partial charge on any atom is -0.497 e. The van der Waals surface area contributed by atoms with Gasteiger partial charge in [-0.2, -0.15) is 8.42 Å². The summed E-state index contributed by atoms with van der Waals surface area (Å²) in [5, 5.41) is 0.0360. The van der Waals surface area contributed by atoms with E-state index in [2.05, 4.69) is 4.98 Å². The average molecular weight is 533 g/mol. The molecule has 0 radical (unpaired) electrons. The van der Waals surface area contributed by atoms with Gasteiger partial charge in [0.25, 0.3) is 21.9 Å². The number of para-hydroxylation sites is 2. The Morgan fingerprint density at radius 1 is 1.19 bits per heavy atom. The van der Waals surface area contributed by atoms with Crippen LogP contribution in [0.2, 0.25) is 0 Å². The molecule has 0 unspecified atom stereocenters. The normalized spacial score (nSPS) is 13.1. The number of nitrogen functional groups attached to an aromatic ring is 1. The highest BCUT2D eigenvalue weighted by Gasteiger charge is 2.30. The second-order valence-corrected chi connectivity index (χ2v) is 10.4. The van der Waals surface area contributed by atoms with Gasteiger partial charge in [-0.05, 0) is 24.3 Å². The van der Waals surface area contributed by atoms with Crippen molar-refractivity contribution in [3.05, 3.63) is 64.1 Å². The van der Waals surface area contributed by atoms with E-state index < -0.39 is 21.9 Å². The molecule has 2 amide bonds. The summed E-state index contributed by atoms with van der Waals surface area (Å²) in [5.74, 6) is -0.801. The highest BCUT2D eigenvalue weighted by Crippen LogP contribution is 2.30. The van der Waals surface area contributed by atoms with Crippen LogP contribution in [0, 0.1) is 0 Å². The van der Waals surface area contributed by atoms with Crippen LogP contribution < -0.4 is 20.1 Å². The van der Waals surface area contributed by atoms with Crippen molar-refractivity contribution < 1.29 is 32.0 Å². The smallest absolute Gasteiger partial charge is 0.288 e. The van der Waals surface area contributed by atoms with Gasteiger partial charge >= 0.3 is 0 Å². The molecule has 1 aliphatic rings. The van der Waals surface area contributed by atoms with Crippen molar-refractivity contribution in [1.29, 1.82) is 0 Å². The van der Waals surface area contributed by atoms with Crippen LogP contribution in [-0.4, -0.2) is 60.8 Å². The first-order valence-corrected chi connectivity index (χ1v) is 13.2. The first kappa shape index (κ1) is 25.4. The van der Waals surface area contributed by atoms with Gasteiger partial charge in [-0.3, -0.25) is 19.0 Å². The van der Waals surface area contributed by atoms with Crippen LogP contribution >= 0.6 is 11.3 Å². The standard InChI is InChI=1S/C23H24N4O7S2/c1-33-15-5-4-6-16(11-15)34-13-21(28)26-10-9-18-20(12-26)35-22(25-18)23(29)27(14-36(30,31)32)19-8-3-2-7-17(19)24/h2-8,11H,9-10,12-14,24H2,1H3,(H,30,31,32). The van der Waals surface area contributed by atoms with E-state index in [1.54, 1.807) is 48.4 Å². The summed E-state index contributed by atoms with van der Waals surface area (Å²) in [7, 11) is -3.00. The number of aromatic nitrogens is 1. The third-order valence-corrected chi connectivity index (χ3v) is 7.09. The van der Waals surface area contributed by atoms with Gasteiger partial charge in [0.15, 0.2) is 17.5 Å². The third kappa shape index (κ3) is 5.93. The lowest BCUT2D eigenvalue weighted by Crippen LogP contribution is -2.38. The van der Waals surface area contributed by atoms with Gasteiger partial charge in [0.1, 0.15) is 11.5 Å². The molecule has 13 heteroatoms. The SMILES string of the molecule is COc1cccc(OCC(=O)N2CCc3nc(C(=O)N(CS(=O)(=O)O)c4ccccc4N)sc3C2)c1. The van der Waals surface area contributed by atoms with Crippen molar-refractivity contribution in [2.75, 3.05) is 36.8 Å². The summed E-state index contributed by atoms with van der Waals surface area (Å²) < 4.78 is 43.4. The number of nitrogens with two attached hydrogens (primary N) is 1. The van der Waals surface area contributed by atoms with Gasteiger partial charge in [-0.25, -0.2) is 4.98 Å². The quantitative estimate of drug-likeness (QED) is 0.328. The molecule has 0 saturated heterocycles. The number of fused-ring (bicyclic) bond motifs is 1. The molecule has 0 aliphatic carbocycles. The number of hydrogen-bond acceptors (Lipinski definition) is 9. The number of carbonyl (C=O) groups is 2. The van der Waals surface area contributed by atoms with Crippen LogP contribution in [-0.2, 0) is 27.9 Å². The Hall–Kier alpha value is -3.68. The van der Waals surface area contributed by atoms with Crippen LogP contribution in [0.3, 0.4) is 0 Å². The molecular weight excluding hydrogens is 508 g/mol. The number of hydrogen-bond donors (Lipinski definition) is 2. The number of anilines is 2. The first-order valence-electron chi connectivity index (χ1n) is 10.8. The molecule has 3 aromatic rings. The number of thiazole rings is 1. The van der Waals surface area contributed by atoms with E-state index in [0.717, 1.165) is 16.2 Å². The van der Waals surface area contributed by atoms with E-state index in [4.69, 9.17) is 15.2 Å². The molecule has 0 saturated carbocycles. The Bertz CT molecular complexity index is 1390. The number of nitrogens with zero attached hydrogens (tertiary/aromatic N) is 3. The van der Waals surface area contributed by atoms with E-state index in [0.29, 0.717) is 35.0 Å².